The molecule has 0 amide bonds. The highest BCUT2D eigenvalue weighted by molar-refractivity contribution is 7.89. The van der Waals surface area contributed by atoms with Crippen LogP contribution >= 0.6 is 0 Å². The summed E-state index contributed by atoms with van der Waals surface area (Å²) in [7, 11) is -7.01. The van der Waals surface area contributed by atoms with Crippen LogP contribution in [0.3, 0.4) is 0 Å². The predicted molar refractivity (Wildman–Crippen MR) is 69.5 cm³/mol. The highest BCUT2D eigenvalue weighted by Crippen LogP contribution is 2.17. The Morgan fingerprint density at radius 2 is 2.00 bits per heavy atom. The Morgan fingerprint density at radius 3 is 2.56 bits per heavy atom. The third-order valence-electron chi connectivity index (χ3n) is 2.85. The Kier molecular flexibility index (Phi) is 5.53. The highest BCUT2D eigenvalue weighted by atomic mass is 32.2. The molecule has 1 rings (SSSR count). The lowest BCUT2D eigenvalue weighted by Crippen LogP contribution is -2.45. The quantitative estimate of drug-likeness (QED) is 0.628. The molecule has 0 aromatic heterocycles. The zero-order chi connectivity index (χ0) is 13.8. The van der Waals surface area contributed by atoms with E-state index in [1.807, 2.05) is 6.92 Å². The van der Waals surface area contributed by atoms with Crippen LogP contribution < -0.4 is 9.86 Å². The van der Waals surface area contributed by atoms with Gasteiger partial charge in [0.15, 0.2) is 0 Å². The van der Waals surface area contributed by atoms with E-state index in [1.165, 1.54) is 4.31 Å². The number of piperidine rings is 1. The summed E-state index contributed by atoms with van der Waals surface area (Å²) in [6.07, 6.45) is 2.08. The first kappa shape index (κ1) is 15.8. The minimum atomic E-state index is -3.52. The number of primary sulfonamides is 1. The van der Waals surface area contributed by atoms with Crippen LogP contribution in [0.1, 0.15) is 26.2 Å². The van der Waals surface area contributed by atoms with Gasteiger partial charge < -0.3 is 0 Å². The van der Waals surface area contributed by atoms with Gasteiger partial charge >= 0.3 is 0 Å². The predicted octanol–water partition coefficient (Wildman–Crippen LogP) is -0.769. The SMILES string of the molecule is CC1CCCN(S(=O)(=O)NCCCS(N)(=O)=O)C1. The fourth-order valence-electron chi connectivity index (χ4n) is 1.93. The van der Waals surface area contributed by atoms with Gasteiger partial charge in [0.2, 0.25) is 10.0 Å². The van der Waals surface area contributed by atoms with Gasteiger partial charge in [0.1, 0.15) is 0 Å². The van der Waals surface area contributed by atoms with E-state index in [4.69, 9.17) is 5.14 Å². The lowest BCUT2D eigenvalue weighted by molar-refractivity contribution is 0.278. The van der Waals surface area contributed by atoms with E-state index < -0.39 is 20.2 Å². The maximum Gasteiger partial charge on any atom is 0.279 e. The van der Waals surface area contributed by atoms with Crippen LogP contribution in [0.25, 0.3) is 0 Å². The van der Waals surface area contributed by atoms with Crippen molar-refractivity contribution < 1.29 is 16.8 Å². The van der Waals surface area contributed by atoms with Crippen molar-refractivity contribution >= 4 is 20.2 Å². The first-order chi connectivity index (χ1) is 8.21. The second-order valence-electron chi connectivity index (χ2n) is 4.73. The average Bonchev–Trinajstić information content (AvgIpc) is 2.23. The Hall–Kier alpha value is -0.220. The van der Waals surface area contributed by atoms with Gasteiger partial charge in [0.25, 0.3) is 10.2 Å². The van der Waals surface area contributed by atoms with Crippen molar-refractivity contribution in [3.63, 3.8) is 0 Å². The molecule has 1 atom stereocenters. The van der Waals surface area contributed by atoms with Crippen LogP contribution in [-0.2, 0) is 20.2 Å². The van der Waals surface area contributed by atoms with E-state index in [0.717, 1.165) is 12.8 Å². The summed E-state index contributed by atoms with van der Waals surface area (Å²) in [5.74, 6) is 0.145. The van der Waals surface area contributed by atoms with Gasteiger partial charge in [-0.1, -0.05) is 6.92 Å². The van der Waals surface area contributed by atoms with Crippen molar-refractivity contribution in [3.8, 4) is 0 Å². The van der Waals surface area contributed by atoms with E-state index >= 15 is 0 Å². The zero-order valence-corrected chi connectivity index (χ0v) is 12.1. The number of rotatable bonds is 6. The molecule has 0 aromatic rings. The summed E-state index contributed by atoms with van der Waals surface area (Å²) in [5, 5.41) is 4.83. The highest BCUT2D eigenvalue weighted by Gasteiger charge is 2.26. The number of nitrogens with one attached hydrogen (secondary N) is 1. The Morgan fingerprint density at radius 1 is 1.33 bits per heavy atom. The molecule has 0 aromatic carbocycles. The van der Waals surface area contributed by atoms with E-state index in [1.54, 1.807) is 0 Å². The molecule has 0 spiro atoms. The molecule has 1 aliphatic heterocycles. The monoisotopic (exact) mass is 299 g/mol. The summed E-state index contributed by atoms with van der Waals surface area (Å²) in [4.78, 5) is 0. The first-order valence-corrected chi connectivity index (χ1v) is 9.11. The normalized spacial score (nSPS) is 23.1. The molecule has 7 nitrogen and oxygen atoms in total. The Balaban J connectivity index is 2.40. The third kappa shape index (κ3) is 5.61. The summed E-state index contributed by atoms with van der Waals surface area (Å²) >= 11 is 0. The summed E-state index contributed by atoms with van der Waals surface area (Å²) in [6.45, 7) is 3.14. The molecule has 0 saturated carbocycles. The summed E-state index contributed by atoms with van der Waals surface area (Å²) < 4.78 is 49.0. The molecule has 1 heterocycles. The van der Waals surface area contributed by atoms with Crippen LogP contribution in [-0.4, -0.2) is 46.5 Å². The van der Waals surface area contributed by atoms with Crippen molar-refractivity contribution in [3.05, 3.63) is 0 Å². The Labute approximate surface area is 109 Å². The molecule has 0 aliphatic carbocycles. The second kappa shape index (κ2) is 6.29. The number of hydrogen-bond acceptors (Lipinski definition) is 4. The molecule has 1 fully saturated rings. The van der Waals surface area contributed by atoms with E-state index in [-0.39, 0.29) is 18.7 Å². The third-order valence-corrected chi connectivity index (χ3v) is 5.29. The molecule has 0 bridgehead atoms. The van der Waals surface area contributed by atoms with Gasteiger partial charge in [-0.3, -0.25) is 0 Å². The summed E-state index contributed by atoms with van der Waals surface area (Å²) in [5.41, 5.74) is 0. The van der Waals surface area contributed by atoms with Crippen LogP contribution in [0.2, 0.25) is 0 Å². The maximum absolute atomic E-state index is 11.9. The average molecular weight is 299 g/mol. The minimum Gasteiger partial charge on any atom is -0.229 e. The Bertz CT molecular complexity index is 460. The molecule has 1 saturated heterocycles. The van der Waals surface area contributed by atoms with Crippen molar-refractivity contribution in [1.82, 2.24) is 9.03 Å². The molecule has 1 aliphatic rings. The van der Waals surface area contributed by atoms with Gasteiger partial charge in [-0.25, -0.2) is 18.3 Å². The molecule has 9 heteroatoms. The van der Waals surface area contributed by atoms with Gasteiger partial charge in [-0.15, -0.1) is 0 Å². The molecular formula is C9H21N3O4S2. The molecule has 0 radical (unpaired) electrons. The van der Waals surface area contributed by atoms with Crippen LogP contribution in [0.15, 0.2) is 0 Å². The van der Waals surface area contributed by atoms with Crippen molar-refractivity contribution in [2.75, 3.05) is 25.4 Å². The smallest absolute Gasteiger partial charge is 0.229 e. The fourth-order valence-corrected chi connectivity index (χ4v) is 3.88. The number of nitrogens with zero attached hydrogens (tertiary/aromatic N) is 1. The summed E-state index contributed by atoms with van der Waals surface area (Å²) in [6, 6.07) is 0. The van der Waals surface area contributed by atoms with E-state index in [9.17, 15) is 16.8 Å². The van der Waals surface area contributed by atoms with Crippen LogP contribution in [0.4, 0.5) is 0 Å². The topological polar surface area (TPSA) is 110 Å². The number of sulfonamides is 1. The second-order valence-corrected chi connectivity index (χ2v) is 8.21. The van der Waals surface area contributed by atoms with Crippen molar-refractivity contribution in [2.24, 2.45) is 11.1 Å². The molecule has 3 N–H and O–H groups in total. The molecule has 18 heavy (non-hydrogen) atoms. The fraction of sp³-hybridized carbons (Fsp3) is 1.00. The van der Waals surface area contributed by atoms with Gasteiger partial charge in [0.05, 0.1) is 5.75 Å². The zero-order valence-electron chi connectivity index (χ0n) is 10.5. The lowest BCUT2D eigenvalue weighted by Gasteiger charge is -2.29. The minimum absolute atomic E-state index is 0.0869. The molecular weight excluding hydrogens is 278 g/mol. The lowest BCUT2D eigenvalue weighted by atomic mass is 10.0. The van der Waals surface area contributed by atoms with Gasteiger partial charge in [-0.2, -0.15) is 12.7 Å². The maximum atomic E-state index is 11.9. The number of nitrogens with two attached hydrogens (primary N) is 1. The molecule has 1 unspecified atom stereocenters. The van der Waals surface area contributed by atoms with Gasteiger partial charge in [0, 0.05) is 19.6 Å². The first-order valence-electron chi connectivity index (χ1n) is 5.96. The van der Waals surface area contributed by atoms with E-state index in [2.05, 4.69) is 4.72 Å². The van der Waals surface area contributed by atoms with Gasteiger partial charge in [-0.05, 0) is 25.2 Å². The molecule has 108 valence electrons. The van der Waals surface area contributed by atoms with Crippen molar-refractivity contribution in [2.45, 2.75) is 26.2 Å². The standard InChI is InChI=1S/C9H21N3O4S2/c1-9-4-2-6-12(8-9)18(15,16)11-5-3-7-17(10,13)14/h9,11H,2-8H2,1H3,(H2,10,13,14). The van der Waals surface area contributed by atoms with Crippen LogP contribution in [0, 0.1) is 5.92 Å². The van der Waals surface area contributed by atoms with E-state index in [0.29, 0.717) is 19.0 Å². The largest absolute Gasteiger partial charge is 0.279 e. The van der Waals surface area contributed by atoms with Crippen molar-refractivity contribution in [1.29, 1.82) is 0 Å². The number of hydrogen-bond donors (Lipinski definition) is 2. The van der Waals surface area contributed by atoms with Crippen LogP contribution in [0.5, 0.6) is 0 Å².